The van der Waals surface area contributed by atoms with Crippen molar-refractivity contribution >= 4 is 0 Å². The van der Waals surface area contributed by atoms with E-state index in [0.29, 0.717) is 25.7 Å². The van der Waals surface area contributed by atoms with Gasteiger partial charge < -0.3 is 14.6 Å². The van der Waals surface area contributed by atoms with Crippen LogP contribution in [-0.4, -0.2) is 37.1 Å². The first-order valence-electron chi connectivity index (χ1n) is 6.57. The molecule has 0 amide bonds. The highest BCUT2D eigenvalue weighted by molar-refractivity contribution is 4.90. The Labute approximate surface area is 99.1 Å². The average Bonchev–Trinajstić information content (AvgIpc) is 2.78. The second-order valence-electron chi connectivity index (χ2n) is 4.77. The summed E-state index contributed by atoms with van der Waals surface area (Å²) in [5.74, 6) is 0.632. The van der Waals surface area contributed by atoms with Gasteiger partial charge in [0.1, 0.15) is 0 Å². The molecular weight excluding hydrogens is 204 g/mol. The van der Waals surface area contributed by atoms with Crippen LogP contribution < -0.4 is 0 Å². The van der Waals surface area contributed by atoms with E-state index in [1.54, 1.807) is 0 Å². The molecule has 0 aromatic rings. The predicted molar refractivity (Wildman–Crippen MR) is 64.5 cm³/mol. The molecule has 1 saturated carbocycles. The predicted octanol–water partition coefficient (Wildman–Crippen LogP) is 2.37. The summed E-state index contributed by atoms with van der Waals surface area (Å²) in [5, 5.41) is 8.59. The fraction of sp³-hybridized carbons (Fsp3) is 1.00. The highest BCUT2D eigenvalue weighted by Crippen LogP contribution is 2.40. The van der Waals surface area contributed by atoms with Crippen LogP contribution in [0.3, 0.4) is 0 Å². The van der Waals surface area contributed by atoms with E-state index in [1.165, 1.54) is 32.1 Å². The van der Waals surface area contributed by atoms with Crippen molar-refractivity contribution in [2.45, 2.75) is 51.6 Å². The van der Waals surface area contributed by atoms with Crippen LogP contribution in [0, 0.1) is 5.92 Å². The first kappa shape index (κ1) is 13.9. The minimum absolute atomic E-state index is 0.0938. The Kier molecular flexibility index (Phi) is 6.32. The van der Waals surface area contributed by atoms with Crippen LogP contribution in [0.5, 0.6) is 0 Å². The summed E-state index contributed by atoms with van der Waals surface area (Å²) >= 11 is 0. The third-order valence-corrected chi connectivity index (χ3v) is 3.81. The highest BCUT2D eigenvalue weighted by Gasteiger charge is 2.38. The summed E-state index contributed by atoms with van der Waals surface area (Å²) in [6.45, 7) is 6.29. The van der Waals surface area contributed by atoms with Gasteiger partial charge in [-0.2, -0.15) is 0 Å². The standard InChI is InChI=1S/C13H26O3/c1-3-12(2)13(6-4-5-7-13)16-11-10-15-9-8-14/h12,14H,3-11H2,1-2H3. The zero-order valence-corrected chi connectivity index (χ0v) is 10.7. The monoisotopic (exact) mass is 230 g/mol. The molecule has 1 fully saturated rings. The molecule has 1 atom stereocenters. The van der Waals surface area contributed by atoms with Crippen LogP contribution in [0.2, 0.25) is 0 Å². The van der Waals surface area contributed by atoms with Gasteiger partial charge in [-0.3, -0.25) is 0 Å². The van der Waals surface area contributed by atoms with Gasteiger partial charge in [-0.05, 0) is 18.8 Å². The molecule has 1 aliphatic carbocycles. The van der Waals surface area contributed by atoms with Crippen LogP contribution in [0.4, 0.5) is 0 Å². The summed E-state index contributed by atoms with van der Waals surface area (Å²) in [6, 6.07) is 0. The Morgan fingerprint density at radius 3 is 2.44 bits per heavy atom. The number of aliphatic hydroxyl groups excluding tert-OH is 1. The maximum atomic E-state index is 8.59. The Bertz CT molecular complexity index is 176. The van der Waals surface area contributed by atoms with Crippen molar-refractivity contribution in [3.05, 3.63) is 0 Å². The molecule has 3 nitrogen and oxygen atoms in total. The molecule has 0 spiro atoms. The minimum atomic E-state index is 0.0938. The summed E-state index contributed by atoms with van der Waals surface area (Å²) in [6.07, 6.45) is 6.16. The Hall–Kier alpha value is -0.120. The zero-order chi connectivity index (χ0) is 11.9. The first-order chi connectivity index (χ1) is 7.75. The summed E-state index contributed by atoms with van der Waals surface area (Å²) in [4.78, 5) is 0. The average molecular weight is 230 g/mol. The van der Waals surface area contributed by atoms with E-state index in [2.05, 4.69) is 13.8 Å². The van der Waals surface area contributed by atoms with Gasteiger partial charge in [0.05, 0.1) is 32.0 Å². The number of aliphatic hydroxyl groups is 1. The van der Waals surface area contributed by atoms with Crippen molar-refractivity contribution in [3.8, 4) is 0 Å². The summed E-state index contributed by atoms with van der Waals surface area (Å²) in [5.41, 5.74) is 0.108. The van der Waals surface area contributed by atoms with E-state index >= 15 is 0 Å². The van der Waals surface area contributed by atoms with Gasteiger partial charge in [0.15, 0.2) is 0 Å². The maximum Gasteiger partial charge on any atom is 0.0709 e. The fourth-order valence-electron chi connectivity index (χ4n) is 2.60. The molecule has 0 aliphatic heterocycles. The molecule has 1 N–H and O–H groups in total. The molecule has 0 saturated heterocycles. The van der Waals surface area contributed by atoms with Gasteiger partial charge in [-0.25, -0.2) is 0 Å². The fourth-order valence-corrected chi connectivity index (χ4v) is 2.60. The lowest BCUT2D eigenvalue weighted by molar-refractivity contribution is -0.0967. The largest absolute Gasteiger partial charge is 0.394 e. The first-order valence-corrected chi connectivity index (χ1v) is 6.57. The second-order valence-corrected chi connectivity index (χ2v) is 4.77. The second kappa shape index (κ2) is 7.25. The maximum absolute atomic E-state index is 8.59. The van der Waals surface area contributed by atoms with E-state index in [4.69, 9.17) is 14.6 Å². The smallest absolute Gasteiger partial charge is 0.0709 e. The van der Waals surface area contributed by atoms with E-state index < -0.39 is 0 Å². The van der Waals surface area contributed by atoms with Crippen LogP contribution >= 0.6 is 0 Å². The normalized spacial score (nSPS) is 21.2. The van der Waals surface area contributed by atoms with Crippen molar-refractivity contribution in [1.29, 1.82) is 0 Å². The molecule has 0 aromatic carbocycles. The van der Waals surface area contributed by atoms with Crippen molar-refractivity contribution in [1.82, 2.24) is 0 Å². The number of hydrogen-bond acceptors (Lipinski definition) is 3. The molecular formula is C13H26O3. The lowest BCUT2D eigenvalue weighted by Crippen LogP contribution is -2.37. The molecule has 3 heteroatoms. The van der Waals surface area contributed by atoms with Crippen molar-refractivity contribution in [3.63, 3.8) is 0 Å². The van der Waals surface area contributed by atoms with Crippen molar-refractivity contribution < 1.29 is 14.6 Å². The van der Waals surface area contributed by atoms with Gasteiger partial charge >= 0.3 is 0 Å². The molecule has 0 bridgehead atoms. The Balaban J connectivity index is 2.28. The quantitative estimate of drug-likeness (QED) is 0.651. The van der Waals surface area contributed by atoms with E-state index in [0.717, 1.165) is 0 Å². The molecule has 0 aromatic heterocycles. The van der Waals surface area contributed by atoms with Crippen molar-refractivity contribution in [2.24, 2.45) is 5.92 Å². The SMILES string of the molecule is CCC(C)C1(OCCOCCO)CCCC1. The number of rotatable bonds is 8. The van der Waals surface area contributed by atoms with E-state index in [1.807, 2.05) is 0 Å². The summed E-state index contributed by atoms with van der Waals surface area (Å²) in [7, 11) is 0. The van der Waals surface area contributed by atoms with Gasteiger partial charge in [0.25, 0.3) is 0 Å². The third kappa shape index (κ3) is 3.72. The molecule has 1 unspecified atom stereocenters. The van der Waals surface area contributed by atoms with Crippen LogP contribution in [0.25, 0.3) is 0 Å². The molecule has 1 aliphatic rings. The van der Waals surface area contributed by atoms with E-state index in [9.17, 15) is 0 Å². The van der Waals surface area contributed by atoms with Crippen LogP contribution in [0.15, 0.2) is 0 Å². The van der Waals surface area contributed by atoms with Gasteiger partial charge in [-0.15, -0.1) is 0 Å². The topological polar surface area (TPSA) is 38.7 Å². The third-order valence-electron chi connectivity index (χ3n) is 3.81. The van der Waals surface area contributed by atoms with Gasteiger partial charge in [-0.1, -0.05) is 33.1 Å². The number of ether oxygens (including phenoxy) is 2. The lowest BCUT2D eigenvalue weighted by Gasteiger charge is -2.35. The van der Waals surface area contributed by atoms with Gasteiger partial charge in [0, 0.05) is 0 Å². The molecule has 1 rings (SSSR count). The Morgan fingerprint density at radius 2 is 1.88 bits per heavy atom. The van der Waals surface area contributed by atoms with Crippen LogP contribution in [-0.2, 0) is 9.47 Å². The highest BCUT2D eigenvalue weighted by atomic mass is 16.5. The van der Waals surface area contributed by atoms with Gasteiger partial charge in [0.2, 0.25) is 0 Å². The zero-order valence-electron chi connectivity index (χ0n) is 10.7. The van der Waals surface area contributed by atoms with Crippen LogP contribution in [0.1, 0.15) is 46.0 Å². The minimum Gasteiger partial charge on any atom is -0.394 e. The Morgan fingerprint density at radius 1 is 1.19 bits per heavy atom. The molecule has 96 valence electrons. The number of hydrogen-bond donors (Lipinski definition) is 1. The molecule has 0 heterocycles. The molecule has 16 heavy (non-hydrogen) atoms. The lowest BCUT2D eigenvalue weighted by atomic mass is 9.85. The van der Waals surface area contributed by atoms with E-state index in [-0.39, 0.29) is 12.2 Å². The van der Waals surface area contributed by atoms with Crippen molar-refractivity contribution in [2.75, 3.05) is 26.4 Å². The summed E-state index contributed by atoms with van der Waals surface area (Å²) < 4.78 is 11.3. The molecule has 0 radical (unpaired) electrons.